The minimum atomic E-state index is -3.45. The fourth-order valence-electron chi connectivity index (χ4n) is 2.85. The van der Waals surface area contributed by atoms with Crippen LogP contribution in [0.3, 0.4) is 0 Å². The lowest BCUT2D eigenvalue weighted by Crippen LogP contribution is -2.45. The van der Waals surface area contributed by atoms with Crippen molar-refractivity contribution in [3.63, 3.8) is 0 Å². The molecule has 0 aliphatic carbocycles. The standard InChI is InChI=1S/C13H18BrN3O3S/c14-11-7-13(9-15-8-11)21(18,19)17-2-1-12(10-17)16-3-5-20-6-4-16/h7-9,12H,1-6,10H2. The lowest BCUT2D eigenvalue weighted by atomic mass is 10.2. The fraction of sp³-hybridized carbons (Fsp3) is 0.615. The summed E-state index contributed by atoms with van der Waals surface area (Å²) in [6, 6.07) is 1.90. The van der Waals surface area contributed by atoms with Gasteiger partial charge in [-0.05, 0) is 28.4 Å². The zero-order valence-corrected chi connectivity index (χ0v) is 14.0. The Morgan fingerprint density at radius 1 is 1.24 bits per heavy atom. The smallest absolute Gasteiger partial charge is 0.244 e. The van der Waals surface area contributed by atoms with Gasteiger partial charge in [0.25, 0.3) is 0 Å². The normalized spacial score (nSPS) is 25.3. The Morgan fingerprint density at radius 2 is 2.00 bits per heavy atom. The molecule has 1 atom stereocenters. The zero-order valence-electron chi connectivity index (χ0n) is 11.6. The summed E-state index contributed by atoms with van der Waals surface area (Å²) in [4.78, 5) is 6.53. The SMILES string of the molecule is O=S(=O)(c1cncc(Br)c1)N1CCC(N2CCOCC2)C1. The van der Waals surface area contributed by atoms with Gasteiger partial charge in [0.2, 0.25) is 10.0 Å². The average molecular weight is 376 g/mol. The van der Waals surface area contributed by atoms with Crippen molar-refractivity contribution in [2.45, 2.75) is 17.4 Å². The molecule has 3 heterocycles. The molecule has 1 aromatic rings. The lowest BCUT2D eigenvalue weighted by molar-refractivity contribution is 0.0197. The van der Waals surface area contributed by atoms with Crippen molar-refractivity contribution in [3.8, 4) is 0 Å². The van der Waals surface area contributed by atoms with E-state index in [4.69, 9.17) is 4.74 Å². The van der Waals surface area contributed by atoms with Crippen LogP contribution in [0.1, 0.15) is 6.42 Å². The van der Waals surface area contributed by atoms with Crippen LogP contribution >= 0.6 is 15.9 Å². The molecule has 8 heteroatoms. The minimum Gasteiger partial charge on any atom is -0.379 e. The Kier molecular flexibility index (Phi) is 4.60. The number of nitrogens with zero attached hydrogens (tertiary/aromatic N) is 3. The highest BCUT2D eigenvalue weighted by molar-refractivity contribution is 9.10. The van der Waals surface area contributed by atoms with E-state index < -0.39 is 10.0 Å². The maximum atomic E-state index is 12.6. The molecule has 6 nitrogen and oxygen atoms in total. The molecule has 21 heavy (non-hydrogen) atoms. The second kappa shape index (κ2) is 6.29. The highest BCUT2D eigenvalue weighted by Crippen LogP contribution is 2.25. The first-order valence-corrected chi connectivity index (χ1v) is 9.23. The van der Waals surface area contributed by atoms with Gasteiger partial charge in [0.05, 0.1) is 13.2 Å². The van der Waals surface area contributed by atoms with Crippen molar-refractivity contribution in [2.75, 3.05) is 39.4 Å². The van der Waals surface area contributed by atoms with Crippen molar-refractivity contribution in [1.82, 2.24) is 14.2 Å². The van der Waals surface area contributed by atoms with Gasteiger partial charge in [0.15, 0.2) is 0 Å². The van der Waals surface area contributed by atoms with Gasteiger partial charge in [-0.25, -0.2) is 8.42 Å². The maximum absolute atomic E-state index is 12.6. The molecule has 116 valence electrons. The fourth-order valence-corrected chi connectivity index (χ4v) is 4.85. The van der Waals surface area contributed by atoms with Crippen LogP contribution in [-0.2, 0) is 14.8 Å². The molecule has 2 aliphatic heterocycles. The van der Waals surface area contributed by atoms with Gasteiger partial charge in [0.1, 0.15) is 4.90 Å². The van der Waals surface area contributed by atoms with Crippen molar-refractivity contribution < 1.29 is 13.2 Å². The van der Waals surface area contributed by atoms with Crippen molar-refractivity contribution in [3.05, 3.63) is 22.9 Å². The van der Waals surface area contributed by atoms with Crippen molar-refractivity contribution in [2.24, 2.45) is 0 Å². The molecule has 1 aromatic heterocycles. The number of rotatable bonds is 3. The maximum Gasteiger partial charge on any atom is 0.244 e. The number of ether oxygens (including phenoxy) is 1. The summed E-state index contributed by atoms with van der Waals surface area (Å²) in [5.41, 5.74) is 0. The molecule has 1 unspecified atom stereocenters. The van der Waals surface area contributed by atoms with Crippen LogP contribution in [0, 0.1) is 0 Å². The molecule has 0 radical (unpaired) electrons. The lowest BCUT2D eigenvalue weighted by Gasteiger charge is -2.32. The molecular formula is C13H18BrN3O3S. The monoisotopic (exact) mass is 375 g/mol. The first kappa shape index (κ1) is 15.4. The van der Waals surface area contributed by atoms with E-state index in [0.717, 1.165) is 32.7 Å². The van der Waals surface area contributed by atoms with E-state index in [1.165, 1.54) is 6.20 Å². The molecule has 0 amide bonds. The first-order chi connectivity index (χ1) is 10.1. The van der Waals surface area contributed by atoms with E-state index in [2.05, 4.69) is 25.8 Å². The zero-order chi connectivity index (χ0) is 14.9. The second-order valence-electron chi connectivity index (χ2n) is 5.29. The molecule has 2 fully saturated rings. The van der Waals surface area contributed by atoms with Crippen LogP contribution < -0.4 is 0 Å². The molecule has 0 bridgehead atoms. The van der Waals surface area contributed by atoms with Gasteiger partial charge in [0, 0.05) is 49.1 Å². The number of aromatic nitrogens is 1. The molecule has 2 saturated heterocycles. The number of morpholine rings is 1. The van der Waals surface area contributed by atoms with Crippen LogP contribution in [0.5, 0.6) is 0 Å². The highest BCUT2D eigenvalue weighted by Gasteiger charge is 2.35. The first-order valence-electron chi connectivity index (χ1n) is 7.00. The number of halogens is 1. The molecule has 0 spiro atoms. The quantitative estimate of drug-likeness (QED) is 0.786. The van der Waals surface area contributed by atoms with Crippen LogP contribution in [0.25, 0.3) is 0 Å². The van der Waals surface area contributed by atoms with Gasteiger partial charge in [-0.2, -0.15) is 4.31 Å². The van der Waals surface area contributed by atoms with E-state index in [0.29, 0.717) is 23.6 Å². The summed E-state index contributed by atoms with van der Waals surface area (Å²) in [5, 5.41) is 0. The Hall–Kier alpha value is -0.540. The Balaban J connectivity index is 1.72. The molecule has 0 aromatic carbocycles. The molecule has 0 N–H and O–H groups in total. The Bertz CT molecular complexity index is 604. The van der Waals surface area contributed by atoms with Crippen molar-refractivity contribution in [1.29, 1.82) is 0 Å². The third-order valence-corrected chi connectivity index (χ3v) is 6.27. The molecule has 3 rings (SSSR count). The highest BCUT2D eigenvalue weighted by atomic mass is 79.9. The second-order valence-corrected chi connectivity index (χ2v) is 8.15. The van der Waals surface area contributed by atoms with E-state index in [1.54, 1.807) is 16.6 Å². The predicted octanol–water partition coefficient (Wildman–Crippen LogP) is 0.939. The third-order valence-electron chi connectivity index (χ3n) is 4.01. The summed E-state index contributed by atoms with van der Waals surface area (Å²) < 4.78 is 32.9. The molecule has 0 saturated carbocycles. The van der Waals surface area contributed by atoms with Gasteiger partial charge >= 0.3 is 0 Å². The molecule has 2 aliphatic rings. The van der Waals surface area contributed by atoms with Crippen LogP contribution in [0.4, 0.5) is 0 Å². The van der Waals surface area contributed by atoms with E-state index in [9.17, 15) is 8.42 Å². The van der Waals surface area contributed by atoms with E-state index in [1.807, 2.05) is 0 Å². The number of hydrogen-bond acceptors (Lipinski definition) is 5. The van der Waals surface area contributed by atoms with Crippen LogP contribution in [0.15, 0.2) is 27.8 Å². The van der Waals surface area contributed by atoms with Gasteiger partial charge < -0.3 is 4.74 Å². The Labute approximate surface area is 133 Å². The van der Waals surface area contributed by atoms with Gasteiger partial charge in [-0.1, -0.05) is 0 Å². The summed E-state index contributed by atoms with van der Waals surface area (Å²) in [6.45, 7) is 4.36. The van der Waals surface area contributed by atoms with E-state index >= 15 is 0 Å². The summed E-state index contributed by atoms with van der Waals surface area (Å²) >= 11 is 3.27. The summed E-state index contributed by atoms with van der Waals surface area (Å²) in [7, 11) is -3.45. The van der Waals surface area contributed by atoms with Gasteiger partial charge in [-0.15, -0.1) is 0 Å². The van der Waals surface area contributed by atoms with Crippen LogP contribution in [-0.4, -0.2) is 68.0 Å². The minimum absolute atomic E-state index is 0.250. The average Bonchev–Trinajstić information content (AvgIpc) is 2.99. The number of sulfonamides is 1. The largest absolute Gasteiger partial charge is 0.379 e. The Morgan fingerprint density at radius 3 is 2.71 bits per heavy atom. The number of hydrogen-bond donors (Lipinski definition) is 0. The summed E-state index contributed by atoms with van der Waals surface area (Å²) in [6.07, 6.45) is 3.86. The predicted molar refractivity (Wildman–Crippen MR) is 81.5 cm³/mol. The van der Waals surface area contributed by atoms with E-state index in [-0.39, 0.29) is 4.90 Å². The van der Waals surface area contributed by atoms with Gasteiger partial charge in [-0.3, -0.25) is 9.88 Å². The summed E-state index contributed by atoms with van der Waals surface area (Å²) in [5.74, 6) is 0. The molecular weight excluding hydrogens is 358 g/mol. The van der Waals surface area contributed by atoms with Crippen molar-refractivity contribution >= 4 is 26.0 Å². The number of pyridine rings is 1. The topological polar surface area (TPSA) is 62.7 Å². The van der Waals surface area contributed by atoms with Crippen LogP contribution in [0.2, 0.25) is 0 Å². The third kappa shape index (κ3) is 3.29.